The van der Waals surface area contributed by atoms with Gasteiger partial charge in [0.25, 0.3) is 0 Å². The topological polar surface area (TPSA) is 29.3 Å². The first kappa shape index (κ1) is 11.9. The average molecular weight is 214 g/mol. The van der Waals surface area contributed by atoms with Gasteiger partial charge < -0.3 is 5.73 Å². The van der Waals surface area contributed by atoms with E-state index in [0.29, 0.717) is 4.99 Å². The molecule has 1 rings (SSSR count). The molecular formula is C11H22N2S. The summed E-state index contributed by atoms with van der Waals surface area (Å²) in [6, 6.07) is 0. The van der Waals surface area contributed by atoms with Crippen LogP contribution < -0.4 is 5.73 Å². The van der Waals surface area contributed by atoms with Crippen LogP contribution in [0.15, 0.2) is 0 Å². The van der Waals surface area contributed by atoms with Crippen LogP contribution in [0, 0.1) is 5.92 Å². The highest BCUT2D eigenvalue weighted by Gasteiger charge is 2.16. The van der Waals surface area contributed by atoms with E-state index in [2.05, 4.69) is 11.8 Å². The molecule has 0 aromatic carbocycles. The molecule has 2 N–H and O–H groups in total. The molecule has 0 spiro atoms. The number of hydrogen-bond acceptors (Lipinski definition) is 2. The number of thiocarbonyl (C=S) groups is 1. The lowest BCUT2D eigenvalue weighted by Crippen LogP contribution is -2.36. The molecule has 0 aliphatic heterocycles. The van der Waals surface area contributed by atoms with E-state index in [1.165, 1.54) is 38.6 Å². The van der Waals surface area contributed by atoms with Crippen molar-refractivity contribution in [1.82, 2.24) is 4.90 Å². The maximum absolute atomic E-state index is 5.56. The third kappa shape index (κ3) is 4.38. The van der Waals surface area contributed by atoms with Crippen LogP contribution in [0.4, 0.5) is 0 Å². The van der Waals surface area contributed by atoms with Crippen LogP contribution in [0.3, 0.4) is 0 Å². The van der Waals surface area contributed by atoms with Gasteiger partial charge in [0, 0.05) is 13.1 Å². The Morgan fingerprint density at radius 3 is 2.50 bits per heavy atom. The Hall–Kier alpha value is -0.150. The molecule has 0 radical (unpaired) electrons. The van der Waals surface area contributed by atoms with Crippen LogP contribution in [0.2, 0.25) is 0 Å². The lowest BCUT2D eigenvalue weighted by atomic mass is 9.89. The van der Waals surface area contributed by atoms with E-state index in [1.54, 1.807) is 0 Å². The van der Waals surface area contributed by atoms with E-state index < -0.39 is 0 Å². The van der Waals surface area contributed by atoms with Gasteiger partial charge in [-0.05, 0) is 25.3 Å². The minimum Gasteiger partial charge on any atom is -0.392 e. The summed E-state index contributed by atoms with van der Waals surface area (Å²) in [4.78, 5) is 3.00. The summed E-state index contributed by atoms with van der Waals surface area (Å²) in [5, 5.41) is 0. The van der Waals surface area contributed by atoms with Gasteiger partial charge in [0.2, 0.25) is 0 Å². The van der Waals surface area contributed by atoms with Gasteiger partial charge in [-0.25, -0.2) is 0 Å². The zero-order valence-electron chi connectivity index (χ0n) is 9.17. The third-order valence-corrected chi connectivity index (χ3v) is 3.20. The molecule has 1 aliphatic rings. The van der Waals surface area contributed by atoms with Crippen molar-refractivity contribution >= 4 is 17.2 Å². The SMILES string of the molecule is CCN(CC(N)=S)CC1CCCCC1. The minimum absolute atomic E-state index is 0.627. The molecule has 14 heavy (non-hydrogen) atoms. The van der Waals surface area contributed by atoms with Crippen molar-refractivity contribution in [2.24, 2.45) is 11.7 Å². The summed E-state index contributed by atoms with van der Waals surface area (Å²) < 4.78 is 0. The Balaban J connectivity index is 2.27. The quantitative estimate of drug-likeness (QED) is 0.711. The largest absolute Gasteiger partial charge is 0.392 e. The van der Waals surface area contributed by atoms with Crippen LogP contribution in [-0.4, -0.2) is 29.5 Å². The zero-order chi connectivity index (χ0) is 10.4. The molecule has 0 amide bonds. The van der Waals surface area contributed by atoms with Gasteiger partial charge in [-0.2, -0.15) is 0 Å². The van der Waals surface area contributed by atoms with Gasteiger partial charge >= 0.3 is 0 Å². The molecule has 1 saturated carbocycles. The summed E-state index contributed by atoms with van der Waals surface area (Å²) in [5.41, 5.74) is 5.56. The summed E-state index contributed by atoms with van der Waals surface area (Å²) >= 11 is 4.94. The second-order valence-electron chi connectivity index (χ2n) is 4.30. The van der Waals surface area contributed by atoms with E-state index in [9.17, 15) is 0 Å². The van der Waals surface area contributed by atoms with E-state index in [0.717, 1.165) is 19.0 Å². The van der Waals surface area contributed by atoms with E-state index >= 15 is 0 Å². The first-order valence-corrected chi connectivity index (χ1v) is 6.14. The average Bonchev–Trinajstić information content (AvgIpc) is 2.17. The molecule has 82 valence electrons. The van der Waals surface area contributed by atoms with E-state index in [-0.39, 0.29) is 0 Å². The van der Waals surface area contributed by atoms with Gasteiger partial charge in [-0.3, -0.25) is 4.90 Å². The molecule has 2 nitrogen and oxygen atoms in total. The van der Waals surface area contributed by atoms with Crippen molar-refractivity contribution in [1.29, 1.82) is 0 Å². The lowest BCUT2D eigenvalue weighted by molar-refractivity contribution is 0.229. The minimum atomic E-state index is 0.627. The molecule has 0 saturated heterocycles. The van der Waals surface area contributed by atoms with E-state index in [1.807, 2.05) is 0 Å². The van der Waals surface area contributed by atoms with Crippen molar-refractivity contribution in [2.75, 3.05) is 19.6 Å². The number of rotatable bonds is 5. The molecule has 0 bridgehead atoms. The summed E-state index contributed by atoms with van der Waals surface area (Å²) in [5.74, 6) is 0.887. The van der Waals surface area contributed by atoms with Crippen LogP contribution >= 0.6 is 12.2 Å². The maximum atomic E-state index is 5.56. The monoisotopic (exact) mass is 214 g/mol. The van der Waals surface area contributed by atoms with Crippen molar-refractivity contribution in [3.63, 3.8) is 0 Å². The van der Waals surface area contributed by atoms with E-state index in [4.69, 9.17) is 18.0 Å². The van der Waals surface area contributed by atoms with Crippen LogP contribution in [0.5, 0.6) is 0 Å². The Bertz CT molecular complexity index is 176. The molecule has 3 heteroatoms. The highest BCUT2D eigenvalue weighted by molar-refractivity contribution is 7.80. The molecule has 0 unspecified atom stereocenters. The predicted octanol–water partition coefficient (Wildman–Crippen LogP) is 2.17. The van der Waals surface area contributed by atoms with Crippen LogP contribution in [-0.2, 0) is 0 Å². The Labute approximate surface area is 92.8 Å². The third-order valence-electron chi connectivity index (χ3n) is 3.07. The van der Waals surface area contributed by atoms with Gasteiger partial charge in [-0.1, -0.05) is 38.4 Å². The van der Waals surface area contributed by atoms with Crippen LogP contribution in [0.25, 0.3) is 0 Å². The predicted molar refractivity (Wildman–Crippen MR) is 65.5 cm³/mol. The van der Waals surface area contributed by atoms with Gasteiger partial charge in [0.1, 0.15) is 0 Å². The fourth-order valence-corrected chi connectivity index (χ4v) is 2.44. The summed E-state index contributed by atoms with van der Waals surface area (Å²) in [6.07, 6.45) is 7.05. The Morgan fingerprint density at radius 2 is 2.00 bits per heavy atom. The maximum Gasteiger partial charge on any atom is 0.0870 e. The number of nitrogens with two attached hydrogens (primary N) is 1. The van der Waals surface area contributed by atoms with Gasteiger partial charge in [-0.15, -0.1) is 0 Å². The molecule has 0 atom stereocenters. The summed E-state index contributed by atoms with van der Waals surface area (Å²) in [6.45, 7) is 5.23. The highest BCUT2D eigenvalue weighted by Crippen LogP contribution is 2.24. The Kier molecular flexibility index (Phi) is 5.41. The lowest BCUT2D eigenvalue weighted by Gasteiger charge is -2.28. The second kappa shape index (κ2) is 6.36. The van der Waals surface area contributed by atoms with Gasteiger partial charge in [0.15, 0.2) is 0 Å². The molecular weight excluding hydrogens is 192 g/mol. The summed E-state index contributed by atoms with van der Waals surface area (Å²) in [7, 11) is 0. The second-order valence-corrected chi connectivity index (χ2v) is 4.82. The standard InChI is InChI=1S/C11H22N2S/c1-2-13(9-11(12)14)8-10-6-4-3-5-7-10/h10H,2-9H2,1H3,(H2,12,14). The first-order chi connectivity index (χ1) is 6.72. The molecule has 1 aliphatic carbocycles. The van der Waals surface area contributed by atoms with Crippen molar-refractivity contribution in [3.8, 4) is 0 Å². The van der Waals surface area contributed by atoms with Crippen molar-refractivity contribution < 1.29 is 0 Å². The normalized spacial score (nSPS) is 18.7. The molecule has 0 aromatic rings. The van der Waals surface area contributed by atoms with Crippen molar-refractivity contribution in [2.45, 2.75) is 39.0 Å². The fourth-order valence-electron chi connectivity index (χ4n) is 2.26. The highest BCUT2D eigenvalue weighted by atomic mass is 32.1. The molecule has 1 fully saturated rings. The Morgan fingerprint density at radius 1 is 1.36 bits per heavy atom. The smallest absolute Gasteiger partial charge is 0.0870 e. The van der Waals surface area contributed by atoms with Gasteiger partial charge in [0.05, 0.1) is 4.99 Å². The number of nitrogens with zero attached hydrogens (tertiary/aromatic N) is 1. The number of likely N-dealkylation sites (N-methyl/N-ethyl adjacent to an activating group) is 1. The molecule has 0 aromatic heterocycles. The molecule has 0 heterocycles. The fraction of sp³-hybridized carbons (Fsp3) is 0.909. The first-order valence-electron chi connectivity index (χ1n) is 5.73. The van der Waals surface area contributed by atoms with Crippen LogP contribution in [0.1, 0.15) is 39.0 Å². The number of hydrogen-bond donors (Lipinski definition) is 1. The zero-order valence-corrected chi connectivity index (χ0v) is 9.98. The van der Waals surface area contributed by atoms with Crippen molar-refractivity contribution in [3.05, 3.63) is 0 Å².